The second kappa shape index (κ2) is 7.85. The van der Waals surface area contributed by atoms with Gasteiger partial charge in [-0.3, -0.25) is 19.4 Å². The molecule has 140 valence electrons. The van der Waals surface area contributed by atoms with E-state index in [1.165, 1.54) is 0 Å². The van der Waals surface area contributed by atoms with E-state index in [2.05, 4.69) is 10.3 Å². The molecule has 7 heteroatoms. The lowest BCUT2D eigenvalue weighted by molar-refractivity contribution is -0.130. The zero-order chi connectivity index (χ0) is 18.7. The topological polar surface area (TPSA) is 82.6 Å². The van der Waals surface area contributed by atoms with Gasteiger partial charge in [-0.25, -0.2) is 0 Å². The van der Waals surface area contributed by atoms with Crippen molar-refractivity contribution in [3.8, 4) is 0 Å². The van der Waals surface area contributed by atoms with Crippen molar-refractivity contribution in [3.05, 3.63) is 30.1 Å². The third kappa shape index (κ3) is 4.03. The number of nitrogens with zero attached hydrogens (tertiary/aromatic N) is 3. The largest absolute Gasteiger partial charge is 0.353 e. The molecule has 2 aliphatic rings. The number of rotatable bonds is 4. The predicted octanol–water partition coefficient (Wildman–Crippen LogP) is 1.06. The minimum atomic E-state index is -0.263. The van der Waals surface area contributed by atoms with Crippen LogP contribution in [0.3, 0.4) is 0 Å². The molecule has 0 aromatic carbocycles. The molecule has 1 N–H and O–H groups in total. The van der Waals surface area contributed by atoms with Crippen LogP contribution >= 0.6 is 0 Å². The number of amides is 3. The van der Waals surface area contributed by atoms with Gasteiger partial charge < -0.3 is 15.1 Å². The van der Waals surface area contributed by atoms with Gasteiger partial charge in [0.15, 0.2) is 0 Å². The lowest BCUT2D eigenvalue weighted by atomic mass is 10.0. The first-order chi connectivity index (χ1) is 12.5. The van der Waals surface area contributed by atoms with Gasteiger partial charge in [-0.2, -0.15) is 0 Å². The quantitative estimate of drug-likeness (QED) is 0.872. The third-order valence-corrected chi connectivity index (χ3v) is 5.21. The molecular formula is C19H26N4O3. The van der Waals surface area contributed by atoms with Gasteiger partial charge in [0.2, 0.25) is 11.8 Å². The van der Waals surface area contributed by atoms with Crippen LogP contribution in [-0.2, 0) is 9.59 Å². The minimum absolute atomic E-state index is 0.00569. The third-order valence-electron chi connectivity index (χ3n) is 5.21. The maximum atomic E-state index is 12.5. The summed E-state index contributed by atoms with van der Waals surface area (Å²) in [6.45, 7) is 5.67. The number of carbonyl (C=O) groups is 3. The Balaban J connectivity index is 1.48. The molecule has 2 aliphatic heterocycles. The van der Waals surface area contributed by atoms with Crippen LogP contribution in [0.25, 0.3) is 0 Å². The van der Waals surface area contributed by atoms with E-state index < -0.39 is 0 Å². The number of pyridine rings is 1. The summed E-state index contributed by atoms with van der Waals surface area (Å²) in [6.07, 6.45) is 4.99. The van der Waals surface area contributed by atoms with Crippen LogP contribution in [0.1, 0.15) is 43.5 Å². The van der Waals surface area contributed by atoms with Crippen LogP contribution in [0.2, 0.25) is 0 Å². The molecule has 3 rings (SSSR count). The minimum Gasteiger partial charge on any atom is -0.353 e. The molecule has 2 saturated heterocycles. The van der Waals surface area contributed by atoms with Crippen LogP contribution in [0.5, 0.6) is 0 Å². The lowest BCUT2D eigenvalue weighted by Gasteiger charge is -2.33. The smallest absolute Gasteiger partial charge is 0.253 e. The normalized spacial score (nSPS) is 21.3. The molecule has 1 unspecified atom stereocenters. The summed E-state index contributed by atoms with van der Waals surface area (Å²) >= 11 is 0. The Morgan fingerprint density at radius 3 is 2.42 bits per heavy atom. The van der Waals surface area contributed by atoms with Gasteiger partial charge in [0.05, 0.1) is 5.92 Å². The second-order valence-electron chi connectivity index (χ2n) is 7.35. The fourth-order valence-corrected chi connectivity index (χ4v) is 3.63. The molecular weight excluding hydrogens is 332 g/mol. The number of carbonyl (C=O) groups excluding carboxylic acids is 3. The van der Waals surface area contributed by atoms with Crippen LogP contribution in [0, 0.1) is 5.92 Å². The first-order valence-electron chi connectivity index (χ1n) is 9.25. The molecule has 0 radical (unpaired) electrons. The Hall–Kier alpha value is -2.44. The highest BCUT2D eigenvalue weighted by Gasteiger charge is 2.36. The van der Waals surface area contributed by atoms with E-state index in [9.17, 15) is 14.4 Å². The van der Waals surface area contributed by atoms with Crippen LogP contribution in [0.15, 0.2) is 24.5 Å². The summed E-state index contributed by atoms with van der Waals surface area (Å²) in [5, 5.41) is 3.07. The van der Waals surface area contributed by atoms with E-state index in [4.69, 9.17) is 0 Å². The van der Waals surface area contributed by atoms with Crippen molar-refractivity contribution in [2.75, 3.05) is 19.6 Å². The summed E-state index contributed by atoms with van der Waals surface area (Å²) in [6, 6.07) is 3.62. The van der Waals surface area contributed by atoms with Crippen molar-refractivity contribution < 1.29 is 14.4 Å². The van der Waals surface area contributed by atoms with Gasteiger partial charge in [0.25, 0.3) is 5.91 Å². The second-order valence-corrected chi connectivity index (χ2v) is 7.35. The van der Waals surface area contributed by atoms with Gasteiger partial charge in [0.1, 0.15) is 0 Å². The van der Waals surface area contributed by atoms with Crippen molar-refractivity contribution in [3.63, 3.8) is 0 Å². The van der Waals surface area contributed by atoms with Crippen LogP contribution < -0.4 is 5.32 Å². The summed E-state index contributed by atoms with van der Waals surface area (Å²) in [7, 11) is 0. The summed E-state index contributed by atoms with van der Waals surface area (Å²) in [4.78, 5) is 44.4. The molecule has 3 heterocycles. The molecule has 0 bridgehead atoms. The first kappa shape index (κ1) is 18.4. The summed E-state index contributed by atoms with van der Waals surface area (Å²) in [5.41, 5.74) is 0.640. The lowest BCUT2D eigenvalue weighted by Crippen LogP contribution is -2.48. The number of likely N-dealkylation sites (tertiary alicyclic amines) is 2. The predicted molar refractivity (Wildman–Crippen MR) is 96.3 cm³/mol. The summed E-state index contributed by atoms with van der Waals surface area (Å²) in [5.74, 6) is -0.245. The van der Waals surface area contributed by atoms with Crippen molar-refractivity contribution in [1.29, 1.82) is 0 Å². The number of nitrogens with one attached hydrogen (secondary N) is 1. The molecule has 0 spiro atoms. The molecule has 0 saturated carbocycles. The molecule has 0 aliphatic carbocycles. The van der Waals surface area contributed by atoms with Crippen LogP contribution in [-0.4, -0.2) is 64.2 Å². The fraction of sp³-hybridized carbons (Fsp3) is 0.579. The highest BCUT2D eigenvalue weighted by Crippen LogP contribution is 2.21. The average molecular weight is 358 g/mol. The van der Waals surface area contributed by atoms with Gasteiger partial charge in [-0.05, 0) is 38.8 Å². The number of hydrogen-bond acceptors (Lipinski definition) is 4. The van der Waals surface area contributed by atoms with Gasteiger partial charge in [0, 0.05) is 56.1 Å². The molecule has 1 aromatic heterocycles. The Labute approximate surface area is 153 Å². The average Bonchev–Trinajstić information content (AvgIpc) is 3.05. The standard InChI is InChI=1S/C19H26N4O3/c1-13(2)23-12-15(11-17(23)24)18(25)21-16-5-9-22(10-6-16)19(26)14-3-7-20-8-4-14/h3-4,7-8,13,15-16H,5-6,9-12H2,1-2H3,(H,21,25). The van der Waals surface area contributed by atoms with E-state index >= 15 is 0 Å². The van der Waals surface area contributed by atoms with Gasteiger partial charge in [-0.1, -0.05) is 0 Å². The Bertz CT molecular complexity index is 669. The van der Waals surface area contributed by atoms with Crippen molar-refractivity contribution in [2.24, 2.45) is 5.92 Å². The molecule has 2 fully saturated rings. The highest BCUT2D eigenvalue weighted by molar-refractivity contribution is 5.94. The van der Waals surface area contributed by atoms with E-state index in [0.717, 1.165) is 12.8 Å². The number of hydrogen-bond donors (Lipinski definition) is 1. The van der Waals surface area contributed by atoms with E-state index in [-0.39, 0.29) is 35.7 Å². The van der Waals surface area contributed by atoms with E-state index in [0.29, 0.717) is 31.6 Å². The number of piperidine rings is 1. The SMILES string of the molecule is CC(C)N1CC(C(=O)NC2CCN(C(=O)c3ccncc3)CC2)CC1=O. The number of aromatic nitrogens is 1. The zero-order valence-electron chi connectivity index (χ0n) is 15.4. The maximum Gasteiger partial charge on any atom is 0.253 e. The highest BCUT2D eigenvalue weighted by atomic mass is 16.2. The summed E-state index contributed by atoms with van der Waals surface area (Å²) < 4.78 is 0. The first-order valence-corrected chi connectivity index (χ1v) is 9.25. The monoisotopic (exact) mass is 358 g/mol. The van der Waals surface area contributed by atoms with Crippen molar-refractivity contribution in [1.82, 2.24) is 20.1 Å². The van der Waals surface area contributed by atoms with Gasteiger partial charge in [-0.15, -0.1) is 0 Å². The fourth-order valence-electron chi connectivity index (χ4n) is 3.63. The molecule has 26 heavy (non-hydrogen) atoms. The van der Waals surface area contributed by atoms with Gasteiger partial charge >= 0.3 is 0 Å². The zero-order valence-corrected chi connectivity index (χ0v) is 15.4. The Morgan fingerprint density at radius 2 is 1.85 bits per heavy atom. The van der Waals surface area contributed by atoms with E-state index in [1.807, 2.05) is 18.7 Å². The van der Waals surface area contributed by atoms with Crippen molar-refractivity contribution >= 4 is 17.7 Å². The van der Waals surface area contributed by atoms with Crippen molar-refractivity contribution in [2.45, 2.75) is 45.2 Å². The van der Waals surface area contributed by atoms with Crippen LogP contribution in [0.4, 0.5) is 0 Å². The molecule has 1 atom stereocenters. The molecule has 7 nitrogen and oxygen atoms in total. The maximum absolute atomic E-state index is 12.5. The Morgan fingerprint density at radius 1 is 1.19 bits per heavy atom. The Kier molecular flexibility index (Phi) is 5.54. The van der Waals surface area contributed by atoms with E-state index in [1.54, 1.807) is 29.4 Å². The molecule has 3 amide bonds. The molecule has 1 aromatic rings.